The molecule has 6 nitrogen and oxygen atoms in total. The molecule has 2 aromatic carbocycles. The second-order valence-corrected chi connectivity index (χ2v) is 9.06. The summed E-state index contributed by atoms with van der Waals surface area (Å²) < 4.78 is 11.8. The summed E-state index contributed by atoms with van der Waals surface area (Å²) in [6.07, 6.45) is 1.96. The minimum absolute atomic E-state index is 0.0170. The fraction of sp³-hybridized carbons (Fsp3) is 0.462. The topological polar surface area (TPSA) is 59.1 Å². The fourth-order valence-electron chi connectivity index (χ4n) is 5.35. The molecule has 0 bridgehead atoms. The molecule has 3 saturated heterocycles. The number of hydrogen-bond acceptors (Lipinski definition) is 4. The Morgan fingerprint density at radius 1 is 0.969 bits per heavy atom. The normalized spacial score (nSPS) is 26.6. The second kappa shape index (κ2) is 9.04. The molecule has 2 atom stereocenters. The van der Waals surface area contributed by atoms with Crippen molar-refractivity contribution in [3.8, 4) is 0 Å². The summed E-state index contributed by atoms with van der Waals surface area (Å²) in [4.78, 5) is 30.9. The van der Waals surface area contributed by atoms with Crippen molar-refractivity contribution < 1.29 is 19.1 Å². The van der Waals surface area contributed by atoms with Crippen LogP contribution in [0.2, 0.25) is 0 Å². The van der Waals surface area contributed by atoms with Gasteiger partial charge in [0.1, 0.15) is 0 Å². The molecule has 3 aliphatic heterocycles. The van der Waals surface area contributed by atoms with Crippen LogP contribution >= 0.6 is 0 Å². The van der Waals surface area contributed by atoms with Gasteiger partial charge in [0.25, 0.3) is 11.8 Å². The molecule has 1 spiro atoms. The number of ether oxygens (including phenoxy) is 2. The van der Waals surface area contributed by atoms with E-state index in [4.69, 9.17) is 9.47 Å². The van der Waals surface area contributed by atoms with Gasteiger partial charge in [-0.2, -0.15) is 0 Å². The second-order valence-electron chi connectivity index (χ2n) is 9.06. The molecule has 0 radical (unpaired) electrons. The van der Waals surface area contributed by atoms with Crippen LogP contribution in [0.1, 0.15) is 34.7 Å². The van der Waals surface area contributed by atoms with Crippen LogP contribution in [0.25, 0.3) is 0 Å². The third-order valence-corrected chi connectivity index (χ3v) is 7.09. The summed E-state index contributed by atoms with van der Waals surface area (Å²) in [6.45, 7) is 3.99. The van der Waals surface area contributed by atoms with E-state index in [0.717, 1.165) is 38.2 Å². The third-order valence-electron chi connectivity index (χ3n) is 7.09. The first-order valence-corrected chi connectivity index (χ1v) is 11.6. The zero-order valence-corrected chi connectivity index (χ0v) is 18.3. The lowest BCUT2D eigenvalue weighted by Gasteiger charge is -2.42. The minimum Gasteiger partial charge on any atom is -0.381 e. The van der Waals surface area contributed by atoms with Crippen LogP contribution < -0.4 is 0 Å². The van der Waals surface area contributed by atoms with Crippen molar-refractivity contribution in [3.63, 3.8) is 0 Å². The lowest BCUT2D eigenvalue weighted by molar-refractivity contribution is -0.160. The van der Waals surface area contributed by atoms with Crippen molar-refractivity contribution in [3.05, 3.63) is 71.8 Å². The lowest BCUT2D eigenvalue weighted by Crippen LogP contribution is -2.59. The van der Waals surface area contributed by atoms with Crippen LogP contribution in [-0.4, -0.2) is 73.2 Å². The number of amides is 2. The zero-order chi connectivity index (χ0) is 22.0. The van der Waals surface area contributed by atoms with Gasteiger partial charge in [-0.25, -0.2) is 0 Å². The highest BCUT2D eigenvalue weighted by atomic mass is 16.5. The van der Waals surface area contributed by atoms with Crippen LogP contribution in [0.3, 0.4) is 0 Å². The number of hydrogen-bond donors (Lipinski definition) is 0. The molecule has 32 heavy (non-hydrogen) atoms. The van der Waals surface area contributed by atoms with Crippen molar-refractivity contribution in [2.75, 3.05) is 46.0 Å². The zero-order valence-electron chi connectivity index (χ0n) is 18.3. The van der Waals surface area contributed by atoms with Crippen LogP contribution in [0.4, 0.5) is 0 Å². The average Bonchev–Trinajstić information content (AvgIpc) is 3.11. The molecule has 0 aromatic heterocycles. The Labute approximate surface area is 189 Å². The molecule has 6 heteroatoms. The molecule has 3 heterocycles. The van der Waals surface area contributed by atoms with Crippen molar-refractivity contribution in [2.45, 2.75) is 24.4 Å². The Bertz CT molecular complexity index is 945. The molecule has 168 valence electrons. The van der Waals surface area contributed by atoms with Gasteiger partial charge in [-0.3, -0.25) is 9.59 Å². The van der Waals surface area contributed by atoms with Gasteiger partial charge in [0, 0.05) is 44.3 Å². The largest absolute Gasteiger partial charge is 0.381 e. The Balaban J connectivity index is 1.44. The average molecular weight is 435 g/mol. The highest BCUT2D eigenvalue weighted by Crippen LogP contribution is 2.42. The summed E-state index contributed by atoms with van der Waals surface area (Å²) in [7, 11) is 0. The van der Waals surface area contributed by atoms with E-state index < -0.39 is 5.60 Å². The highest BCUT2D eigenvalue weighted by molar-refractivity contribution is 5.96. The van der Waals surface area contributed by atoms with Crippen LogP contribution in [0.15, 0.2) is 60.7 Å². The Morgan fingerprint density at radius 3 is 2.38 bits per heavy atom. The monoisotopic (exact) mass is 434 g/mol. The quantitative estimate of drug-likeness (QED) is 0.743. The van der Waals surface area contributed by atoms with Gasteiger partial charge >= 0.3 is 0 Å². The van der Waals surface area contributed by atoms with E-state index in [1.54, 1.807) is 4.90 Å². The van der Waals surface area contributed by atoms with E-state index in [9.17, 15) is 9.59 Å². The van der Waals surface area contributed by atoms with Gasteiger partial charge in [-0.15, -0.1) is 0 Å². The Morgan fingerprint density at radius 2 is 1.66 bits per heavy atom. The van der Waals surface area contributed by atoms with Gasteiger partial charge in [-0.1, -0.05) is 48.5 Å². The first kappa shape index (κ1) is 21.2. The van der Waals surface area contributed by atoms with Gasteiger partial charge in [0.15, 0.2) is 5.60 Å². The van der Waals surface area contributed by atoms with Crippen LogP contribution in [-0.2, 0) is 14.3 Å². The van der Waals surface area contributed by atoms with Crippen molar-refractivity contribution in [2.24, 2.45) is 5.92 Å². The minimum atomic E-state index is -1.03. The van der Waals surface area contributed by atoms with Gasteiger partial charge in [0.05, 0.1) is 13.2 Å². The smallest absolute Gasteiger partial charge is 0.257 e. The van der Waals surface area contributed by atoms with Gasteiger partial charge < -0.3 is 19.3 Å². The molecule has 0 unspecified atom stereocenters. The van der Waals surface area contributed by atoms with Gasteiger partial charge in [-0.05, 0) is 36.5 Å². The maximum absolute atomic E-state index is 13.9. The van der Waals surface area contributed by atoms with Crippen LogP contribution in [0.5, 0.6) is 0 Å². The number of carbonyl (C=O) groups excluding carboxylic acids is 2. The molecule has 3 aliphatic rings. The summed E-state index contributed by atoms with van der Waals surface area (Å²) in [5.41, 5.74) is 0.699. The van der Waals surface area contributed by atoms with E-state index in [1.807, 2.05) is 53.4 Å². The molecular formula is C26H30N2O4. The predicted octanol–water partition coefficient (Wildman–Crippen LogP) is 2.95. The summed E-state index contributed by atoms with van der Waals surface area (Å²) in [6, 6.07) is 19.4. The van der Waals surface area contributed by atoms with E-state index >= 15 is 0 Å². The van der Waals surface area contributed by atoms with Gasteiger partial charge in [0.2, 0.25) is 0 Å². The number of rotatable bonds is 4. The number of morpholine rings is 1. The van der Waals surface area contributed by atoms with E-state index in [1.165, 1.54) is 0 Å². The molecule has 0 saturated carbocycles. The third kappa shape index (κ3) is 3.93. The summed E-state index contributed by atoms with van der Waals surface area (Å²) in [5, 5.41) is 0. The van der Waals surface area contributed by atoms with Crippen LogP contribution in [0, 0.1) is 5.92 Å². The summed E-state index contributed by atoms with van der Waals surface area (Å²) in [5.74, 6) is 0.312. The number of carbonyl (C=O) groups is 2. The first-order chi connectivity index (χ1) is 15.7. The molecule has 2 amide bonds. The molecule has 3 fully saturated rings. The Hall–Kier alpha value is -2.70. The summed E-state index contributed by atoms with van der Waals surface area (Å²) >= 11 is 0. The number of nitrogens with zero attached hydrogens (tertiary/aromatic N) is 2. The fourth-order valence-corrected chi connectivity index (χ4v) is 5.35. The Kier molecular flexibility index (Phi) is 5.98. The van der Waals surface area contributed by atoms with Crippen molar-refractivity contribution in [1.82, 2.24) is 9.80 Å². The van der Waals surface area contributed by atoms with E-state index in [-0.39, 0.29) is 24.3 Å². The van der Waals surface area contributed by atoms with Crippen molar-refractivity contribution >= 4 is 11.8 Å². The molecule has 2 aromatic rings. The maximum Gasteiger partial charge on any atom is 0.257 e. The SMILES string of the molecule is O=C(c1ccccc1)N1CCO[C@]2(C1)C(=O)N(CC1CCOCC1)C[C@H]2c1ccccc1. The molecule has 0 N–H and O–H groups in total. The number of benzene rings is 2. The molecular weight excluding hydrogens is 404 g/mol. The van der Waals surface area contributed by atoms with E-state index in [0.29, 0.717) is 31.2 Å². The molecule has 5 rings (SSSR count). The highest BCUT2D eigenvalue weighted by Gasteiger charge is 2.58. The predicted molar refractivity (Wildman–Crippen MR) is 120 cm³/mol. The molecule has 0 aliphatic carbocycles. The van der Waals surface area contributed by atoms with E-state index in [2.05, 4.69) is 12.1 Å². The standard InChI is InChI=1S/C26H30N2O4/c29-24(22-9-5-2-6-10-22)27-13-16-32-26(19-27)23(21-7-3-1-4-8-21)18-28(25(26)30)17-20-11-14-31-15-12-20/h1-10,20,23H,11-19H2/t23-,26-/m0/s1. The maximum atomic E-state index is 13.9. The lowest BCUT2D eigenvalue weighted by atomic mass is 9.83. The van der Waals surface area contributed by atoms with Crippen molar-refractivity contribution in [1.29, 1.82) is 0 Å². The number of likely N-dealkylation sites (tertiary alicyclic amines) is 1. The first-order valence-electron chi connectivity index (χ1n) is 11.6.